The maximum Gasteiger partial charge on any atom is 0.261 e. The number of benzene rings is 2. The highest BCUT2D eigenvalue weighted by molar-refractivity contribution is 5.83. The van der Waals surface area contributed by atoms with Gasteiger partial charge >= 0.3 is 0 Å². The molecule has 1 amide bonds. The smallest absolute Gasteiger partial charge is 0.261 e. The number of rotatable bonds is 8. The molecule has 0 bridgehead atoms. The van der Waals surface area contributed by atoms with Gasteiger partial charge in [-0.25, -0.2) is 10.1 Å². The highest BCUT2D eigenvalue weighted by atomic mass is 16.5. The van der Waals surface area contributed by atoms with Crippen molar-refractivity contribution in [2.24, 2.45) is 5.10 Å². The first-order valence-corrected chi connectivity index (χ1v) is 8.59. The molecule has 1 aromatic heterocycles. The number of carbonyl (C=O) groups excluding carboxylic acids is 1. The third-order valence-corrected chi connectivity index (χ3v) is 3.76. The fourth-order valence-electron chi connectivity index (χ4n) is 2.37. The molecule has 0 saturated heterocycles. The average molecular weight is 351 g/mol. The summed E-state index contributed by atoms with van der Waals surface area (Å²) in [5, 5.41) is 12.0. The van der Waals surface area contributed by atoms with Gasteiger partial charge in [0.15, 0.2) is 0 Å². The SMILES string of the molecule is CCCCOc1ccc(/C=N/NC(=O)Cn2nnc3ccccc32)cc1. The summed E-state index contributed by atoms with van der Waals surface area (Å²) in [7, 11) is 0. The van der Waals surface area contributed by atoms with E-state index in [1.54, 1.807) is 10.9 Å². The number of amides is 1. The number of nitrogens with zero attached hydrogens (tertiary/aromatic N) is 4. The molecule has 7 nitrogen and oxygen atoms in total. The Morgan fingerprint density at radius 3 is 2.85 bits per heavy atom. The zero-order chi connectivity index (χ0) is 18.2. The van der Waals surface area contributed by atoms with Crippen LogP contribution in [0.3, 0.4) is 0 Å². The van der Waals surface area contributed by atoms with E-state index < -0.39 is 0 Å². The number of hydrogen-bond donors (Lipinski definition) is 1. The Morgan fingerprint density at radius 1 is 1.23 bits per heavy atom. The van der Waals surface area contributed by atoms with E-state index in [0.717, 1.165) is 41.8 Å². The summed E-state index contributed by atoms with van der Waals surface area (Å²) in [4.78, 5) is 12.0. The van der Waals surface area contributed by atoms with Crippen LogP contribution in [0.5, 0.6) is 5.75 Å². The van der Waals surface area contributed by atoms with E-state index in [1.165, 1.54) is 0 Å². The lowest BCUT2D eigenvalue weighted by Crippen LogP contribution is -2.23. The van der Waals surface area contributed by atoms with Crippen molar-refractivity contribution in [3.05, 3.63) is 54.1 Å². The quantitative estimate of drug-likeness (QED) is 0.384. The monoisotopic (exact) mass is 351 g/mol. The molecule has 26 heavy (non-hydrogen) atoms. The lowest BCUT2D eigenvalue weighted by Gasteiger charge is -2.05. The van der Waals surface area contributed by atoms with Crippen molar-refractivity contribution in [1.29, 1.82) is 0 Å². The summed E-state index contributed by atoms with van der Waals surface area (Å²) in [6, 6.07) is 15.0. The third-order valence-electron chi connectivity index (χ3n) is 3.76. The van der Waals surface area contributed by atoms with Gasteiger partial charge in [0.25, 0.3) is 5.91 Å². The van der Waals surface area contributed by atoms with Gasteiger partial charge in [0.1, 0.15) is 17.8 Å². The standard InChI is InChI=1S/C19H21N5O2/c1-2-3-12-26-16-10-8-15(9-11-16)13-20-22-19(25)14-24-18-7-5-4-6-17(18)21-23-24/h4-11,13H,2-3,12,14H2,1H3,(H,22,25)/b20-13+. The molecule has 0 aliphatic rings. The summed E-state index contributed by atoms with van der Waals surface area (Å²) < 4.78 is 7.15. The molecule has 0 atom stereocenters. The molecule has 134 valence electrons. The van der Waals surface area contributed by atoms with Crippen molar-refractivity contribution >= 4 is 23.2 Å². The highest BCUT2D eigenvalue weighted by Gasteiger charge is 2.07. The second-order valence-corrected chi connectivity index (χ2v) is 5.80. The second kappa shape index (κ2) is 8.75. The van der Waals surface area contributed by atoms with E-state index in [1.807, 2.05) is 48.5 Å². The average Bonchev–Trinajstić information content (AvgIpc) is 3.06. The van der Waals surface area contributed by atoms with Crippen LogP contribution in [0, 0.1) is 0 Å². The molecule has 1 heterocycles. The minimum atomic E-state index is -0.267. The Morgan fingerprint density at radius 2 is 2.04 bits per heavy atom. The van der Waals surface area contributed by atoms with Gasteiger partial charge < -0.3 is 4.74 Å². The van der Waals surface area contributed by atoms with Crippen molar-refractivity contribution in [2.45, 2.75) is 26.3 Å². The van der Waals surface area contributed by atoms with Gasteiger partial charge in [-0.05, 0) is 48.4 Å². The molecule has 1 N–H and O–H groups in total. The first-order valence-electron chi connectivity index (χ1n) is 8.59. The lowest BCUT2D eigenvalue weighted by molar-refractivity contribution is -0.121. The van der Waals surface area contributed by atoms with E-state index >= 15 is 0 Å². The van der Waals surface area contributed by atoms with Crippen molar-refractivity contribution < 1.29 is 9.53 Å². The molecule has 3 aromatic rings. The number of ether oxygens (including phenoxy) is 1. The number of carbonyl (C=O) groups is 1. The number of para-hydroxylation sites is 1. The second-order valence-electron chi connectivity index (χ2n) is 5.80. The van der Waals surface area contributed by atoms with Crippen LogP contribution in [0.2, 0.25) is 0 Å². The molecule has 2 aromatic carbocycles. The summed E-state index contributed by atoms with van der Waals surface area (Å²) in [6.45, 7) is 2.90. The minimum Gasteiger partial charge on any atom is -0.494 e. The van der Waals surface area contributed by atoms with Crippen LogP contribution in [0.1, 0.15) is 25.3 Å². The number of hydrogen-bond acceptors (Lipinski definition) is 5. The summed E-state index contributed by atoms with van der Waals surface area (Å²) in [5.41, 5.74) is 4.94. The van der Waals surface area contributed by atoms with Gasteiger partial charge in [0.2, 0.25) is 0 Å². The molecule has 0 aliphatic carbocycles. The number of nitrogens with one attached hydrogen (secondary N) is 1. The van der Waals surface area contributed by atoms with E-state index in [-0.39, 0.29) is 12.5 Å². The van der Waals surface area contributed by atoms with Gasteiger partial charge in [-0.15, -0.1) is 5.10 Å². The predicted molar refractivity (Wildman–Crippen MR) is 100 cm³/mol. The third kappa shape index (κ3) is 4.66. The summed E-state index contributed by atoms with van der Waals surface area (Å²) in [6.07, 6.45) is 3.73. The van der Waals surface area contributed by atoms with Crippen LogP contribution in [-0.4, -0.2) is 33.7 Å². The molecule has 0 unspecified atom stereocenters. The van der Waals surface area contributed by atoms with Crippen molar-refractivity contribution in [3.8, 4) is 5.75 Å². The van der Waals surface area contributed by atoms with E-state index in [2.05, 4.69) is 27.8 Å². The molecule has 0 saturated carbocycles. The topological polar surface area (TPSA) is 81.4 Å². The summed E-state index contributed by atoms with van der Waals surface area (Å²) >= 11 is 0. The lowest BCUT2D eigenvalue weighted by atomic mass is 10.2. The molecule has 7 heteroatoms. The normalized spacial score (nSPS) is 11.1. The van der Waals surface area contributed by atoms with Crippen molar-refractivity contribution in [3.63, 3.8) is 0 Å². The fraction of sp³-hybridized carbons (Fsp3) is 0.263. The van der Waals surface area contributed by atoms with Crippen LogP contribution in [-0.2, 0) is 11.3 Å². The fourth-order valence-corrected chi connectivity index (χ4v) is 2.37. The first-order chi connectivity index (χ1) is 12.8. The molecule has 3 rings (SSSR count). The van der Waals surface area contributed by atoms with E-state index in [0.29, 0.717) is 0 Å². The largest absolute Gasteiger partial charge is 0.494 e. The Labute approximate surface area is 151 Å². The minimum absolute atomic E-state index is 0.0576. The molecule has 0 aliphatic heterocycles. The number of unbranched alkanes of at least 4 members (excludes halogenated alkanes) is 1. The van der Waals surface area contributed by atoms with Gasteiger partial charge in [-0.2, -0.15) is 5.10 Å². The van der Waals surface area contributed by atoms with E-state index in [9.17, 15) is 4.79 Å². The zero-order valence-electron chi connectivity index (χ0n) is 14.6. The number of aromatic nitrogens is 3. The van der Waals surface area contributed by atoms with Gasteiger partial charge in [-0.1, -0.05) is 30.7 Å². The highest BCUT2D eigenvalue weighted by Crippen LogP contribution is 2.12. The van der Waals surface area contributed by atoms with Crippen molar-refractivity contribution in [2.75, 3.05) is 6.61 Å². The zero-order valence-corrected chi connectivity index (χ0v) is 14.6. The Hall–Kier alpha value is -3.22. The molecular formula is C19H21N5O2. The summed E-state index contributed by atoms with van der Waals surface area (Å²) in [5.74, 6) is 0.564. The van der Waals surface area contributed by atoms with E-state index in [4.69, 9.17) is 4.74 Å². The Balaban J connectivity index is 1.51. The number of fused-ring (bicyclic) bond motifs is 1. The van der Waals surface area contributed by atoms with Crippen LogP contribution in [0.15, 0.2) is 53.6 Å². The van der Waals surface area contributed by atoms with Crippen LogP contribution >= 0.6 is 0 Å². The predicted octanol–water partition coefficient (Wildman–Crippen LogP) is 2.76. The van der Waals surface area contributed by atoms with Gasteiger partial charge in [0.05, 0.1) is 18.3 Å². The molecule has 0 radical (unpaired) electrons. The van der Waals surface area contributed by atoms with Crippen LogP contribution in [0.25, 0.3) is 11.0 Å². The Kier molecular flexibility index (Phi) is 5.92. The Bertz CT molecular complexity index is 886. The van der Waals surface area contributed by atoms with Gasteiger partial charge in [-0.3, -0.25) is 4.79 Å². The molecule has 0 fully saturated rings. The van der Waals surface area contributed by atoms with Crippen LogP contribution < -0.4 is 10.2 Å². The van der Waals surface area contributed by atoms with Crippen LogP contribution in [0.4, 0.5) is 0 Å². The molecular weight excluding hydrogens is 330 g/mol. The van der Waals surface area contributed by atoms with Crippen molar-refractivity contribution in [1.82, 2.24) is 20.4 Å². The first kappa shape index (κ1) is 17.6. The maximum absolute atomic E-state index is 12.0. The maximum atomic E-state index is 12.0. The molecule has 0 spiro atoms. The van der Waals surface area contributed by atoms with Gasteiger partial charge in [0, 0.05) is 0 Å². The number of hydrazone groups is 1.